The van der Waals surface area contributed by atoms with E-state index < -0.39 is 0 Å². The van der Waals surface area contributed by atoms with Gasteiger partial charge in [-0.2, -0.15) is 0 Å². The maximum absolute atomic E-state index is 11.4. The first-order valence-corrected chi connectivity index (χ1v) is 7.21. The van der Waals surface area contributed by atoms with E-state index in [1.807, 2.05) is 6.07 Å². The van der Waals surface area contributed by atoms with Crippen molar-refractivity contribution in [2.45, 2.75) is 38.5 Å². The third-order valence-electron chi connectivity index (χ3n) is 4.09. The summed E-state index contributed by atoms with van der Waals surface area (Å²) in [4.78, 5) is 13.8. The highest BCUT2D eigenvalue weighted by atomic mass is 16.1. The van der Waals surface area contributed by atoms with Gasteiger partial charge in [-0.25, -0.2) is 0 Å². The number of carbonyl (C=O) groups excluding carboxylic acids is 1. The molecule has 1 fully saturated rings. The first-order chi connectivity index (χ1) is 9.24. The second-order valence-corrected chi connectivity index (χ2v) is 5.52. The Morgan fingerprint density at radius 1 is 1.05 bits per heavy atom. The van der Waals surface area contributed by atoms with Gasteiger partial charge in [-0.05, 0) is 37.0 Å². The normalized spacial score (nSPS) is 19.6. The molecular formula is C15H21N3O. The Bertz CT molecular complexity index is 490. The smallest absolute Gasteiger partial charge is 0.224 e. The number of nitrogen functional groups attached to an aromatic ring is 1. The number of hydrogen-bond donors (Lipinski definition) is 2. The second kappa shape index (κ2) is 5.11. The predicted octanol–water partition coefficient (Wildman–Crippen LogP) is 2.53. The summed E-state index contributed by atoms with van der Waals surface area (Å²) in [5.41, 5.74) is 10.2. The fraction of sp³-hybridized carbons (Fsp3) is 0.533. The molecule has 1 aromatic rings. The highest BCUT2D eigenvalue weighted by Gasteiger charge is 2.19. The van der Waals surface area contributed by atoms with Crippen molar-refractivity contribution < 1.29 is 4.79 Å². The number of rotatable bonds is 1. The Labute approximate surface area is 114 Å². The molecule has 2 heterocycles. The molecule has 0 unspecified atom stereocenters. The van der Waals surface area contributed by atoms with E-state index in [-0.39, 0.29) is 5.91 Å². The summed E-state index contributed by atoms with van der Waals surface area (Å²) >= 11 is 0. The van der Waals surface area contributed by atoms with E-state index in [1.54, 1.807) is 0 Å². The summed E-state index contributed by atoms with van der Waals surface area (Å²) in [7, 11) is 0. The van der Waals surface area contributed by atoms with Crippen molar-refractivity contribution in [1.29, 1.82) is 0 Å². The molecule has 0 spiro atoms. The minimum Gasteiger partial charge on any atom is -0.397 e. The van der Waals surface area contributed by atoms with Gasteiger partial charge in [-0.3, -0.25) is 4.79 Å². The lowest BCUT2D eigenvalue weighted by Gasteiger charge is -2.27. The quantitative estimate of drug-likeness (QED) is 0.762. The molecule has 0 radical (unpaired) electrons. The Kier molecular flexibility index (Phi) is 3.32. The Balaban J connectivity index is 1.91. The SMILES string of the molecule is Nc1cc2c(cc1N1CCCCCC1)CCC(=O)N2. The van der Waals surface area contributed by atoms with Crippen molar-refractivity contribution in [2.75, 3.05) is 29.0 Å². The van der Waals surface area contributed by atoms with Crippen LogP contribution < -0.4 is 16.0 Å². The van der Waals surface area contributed by atoms with Crippen LogP contribution in [0.3, 0.4) is 0 Å². The van der Waals surface area contributed by atoms with E-state index in [4.69, 9.17) is 5.73 Å². The van der Waals surface area contributed by atoms with Crippen LogP contribution >= 0.6 is 0 Å². The van der Waals surface area contributed by atoms with Gasteiger partial charge in [0.05, 0.1) is 11.4 Å². The molecule has 3 N–H and O–H groups in total. The van der Waals surface area contributed by atoms with E-state index >= 15 is 0 Å². The van der Waals surface area contributed by atoms with Gasteiger partial charge in [0.2, 0.25) is 5.91 Å². The first kappa shape index (κ1) is 12.3. The maximum atomic E-state index is 11.4. The van der Waals surface area contributed by atoms with Gasteiger partial charge in [0.1, 0.15) is 0 Å². The van der Waals surface area contributed by atoms with Crippen molar-refractivity contribution in [3.63, 3.8) is 0 Å². The van der Waals surface area contributed by atoms with Gasteiger partial charge in [0.25, 0.3) is 0 Å². The number of aryl methyl sites for hydroxylation is 1. The van der Waals surface area contributed by atoms with Crippen LogP contribution in [0, 0.1) is 0 Å². The topological polar surface area (TPSA) is 58.4 Å². The van der Waals surface area contributed by atoms with E-state index in [9.17, 15) is 4.79 Å². The largest absolute Gasteiger partial charge is 0.397 e. The molecule has 1 aromatic carbocycles. The predicted molar refractivity (Wildman–Crippen MR) is 78.5 cm³/mol. The number of fused-ring (bicyclic) bond motifs is 1. The molecule has 4 heteroatoms. The summed E-state index contributed by atoms with van der Waals surface area (Å²) in [5, 5.41) is 2.91. The molecule has 1 saturated heterocycles. The van der Waals surface area contributed by atoms with Crippen LogP contribution in [-0.4, -0.2) is 19.0 Å². The van der Waals surface area contributed by atoms with E-state index in [2.05, 4.69) is 16.3 Å². The number of hydrogen-bond acceptors (Lipinski definition) is 3. The van der Waals surface area contributed by atoms with Crippen LogP contribution in [0.2, 0.25) is 0 Å². The molecule has 4 nitrogen and oxygen atoms in total. The van der Waals surface area contributed by atoms with Gasteiger partial charge in [0, 0.05) is 25.2 Å². The fourth-order valence-electron chi connectivity index (χ4n) is 3.02. The molecule has 102 valence electrons. The average molecular weight is 259 g/mol. The van der Waals surface area contributed by atoms with Crippen molar-refractivity contribution in [1.82, 2.24) is 0 Å². The van der Waals surface area contributed by atoms with Crippen molar-refractivity contribution >= 4 is 23.0 Å². The molecule has 0 saturated carbocycles. The van der Waals surface area contributed by atoms with Crippen molar-refractivity contribution in [2.24, 2.45) is 0 Å². The van der Waals surface area contributed by atoms with Gasteiger partial charge < -0.3 is 16.0 Å². The standard InChI is InChI=1S/C15H21N3O/c16-12-10-13-11(5-6-15(19)17-13)9-14(12)18-7-3-1-2-4-8-18/h9-10H,1-8,16H2,(H,17,19). The van der Waals surface area contributed by atoms with Crippen LogP contribution in [0.5, 0.6) is 0 Å². The number of nitrogens with two attached hydrogens (primary N) is 1. The van der Waals surface area contributed by atoms with Crippen molar-refractivity contribution in [3.8, 4) is 0 Å². The summed E-state index contributed by atoms with van der Waals surface area (Å²) in [6.07, 6.45) is 6.52. The molecule has 19 heavy (non-hydrogen) atoms. The van der Waals surface area contributed by atoms with Crippen LogP contribution in [0.15, 0.2) is 12.1 Å². The van der Waals surface area contributed by atoms with Crippen molar-refractivity contribution in [3.05, 3.63) is 17.7 Å². The molecule has 0 atom stereocenters. The molecule has 1 amide bonds. The minimum absolute atomic E-state index is 0.0921. The third kappa shape index (κ3) is 2.53. The highest BCUT2D eigenvalue weighted by Crippen LogP contribution is 2.34. The fourth-order valence-corrected chi connectivity index (χ4v) is 3.02. The van der Waals surface area contributed by atoms with Gasteiger partial charge >= 0.3 is 0 Å². The number of anilines is 3. The maximum Gasteiger partial charge on any atom is 0.224 e. The Morgan fingerprint density at radius 2 is 1.79 bits per heavy atom. The lowest BCUT2D eigenvalue weighted by atomic mass is 10.0. The monoisotopic (exact) mass is 259 g/mol. The number of nitrogens with zero attached hydrogens (tertiary/aromatic N) is 1. The number of benzene rings is 1. The molecule has 3 rings (SSSR count). The first-order valence-electron chi connectivity index (χ1n) is 7.21. The molecular weight excluding hydrogens is 238 g/mol. The minimum atomic E-state index is 0.0921. The lowest BCUT2D eigenvalue weighted by Crippen LogP contribution is -2.26. The van der Waals surface area contributed by atoms with Gasteiger partial charge in [-0.1, -0.05) is 12.8 Å². The molecule has 2 aliphatic heterocycles. The lowest BCUT2D eigenvalue weighted by molar-refractivity contribution is -0.116. The van der Waals surface area contributed by atoms with Crippen LogP contribution in [0.25, 0.3) is 0 Å². The van der Waals surface area contributed by atoms with Crippen LogP contribution in [-0.2, 0) is 11.2 Å². The summed E-state index contributed by atoms with van der Waals surface area (Å²) < 4.78 is 0. The summed E-state index contributed by atoms with van der Waals surface area (Å²) in [5.74, 6) is 0.0921. The number of carbonyl (C=O) groups is 1. The highest BCUT2D eigenvalue weighted by molar-refractivity contribution is 5.95. The van der Waals surface area contributed by atoms with E-state index in [0.717, 1.165) is 36.6 Å². The molecule has 2 aliphatic rings. The van der Waals surface area contributed by atoms with E-state index in [1.165, 1.54) is 31.2 Å². The zero-order chi connectivity index (χ0) is 13.2. The Hall–Kier alpha value is -1.71. The molecule has 0 bridgehead atoms. The molecule has 0 aromatic heterocycles. The third-order valence-corrected chi connectivity index (χ3v) is 4.09. The Morgan fingerprint density at radius 3 is 2.53 bits per heavy atom. The summed E-state index contributed by atoms with van der Waals surface area (Å²) in [6.45, 7) is 2.19. The summed E-state index contributed by atoms with van der Waals surface area (Å²) in [6, 6.07) is 4.10. The molecule has 0 aliphatic carbocycles. The second-order valence-electron chi connectivity index (χ2n) is 5.52. The van der Waals surface area contributed by atoms with E-state index in [0.29, 0.717) is 6.42 Å². The average Bonchev–Trinajstić information content (AvgIpc) is 2.66. The van der Waals surface area contributed by atoms with Gasteiger partial charge in [0.15, 0.2) is 0 Å². The van der Waals surface area contributed by atoms with Crippen LogP contribution in [0.1, 0.15) is 37.7 Å². The zero-order valence-electron chi connectivity index (χ0n) is 11.2. The number of nitrogens with one attached hydrogen (secondary N) is 1. The number of amides is 1. The van der Waals surface area contributed by atoms with Crippen LogP contribution in [0.4, 0.5) is 17.1 Å². The van der Waals surface area contributed by atoms with Gasteiger partial charge in [-0.15, -0.1) is 0 Å². The zero-order valence-corrected chi connectivity index (χ0v) is 11.2.